The number of ketones is 1. The molecule has 2 aliphatic rings. The van der Waals surface area contributed by atoms with Gasteiger partial charge in [-0.15, -0.1) is 0 Å². The third kappa shape index (κ3) is 2.95. The Hall–Kier alpha value is -3.60. The molecule has 1 fully saturated rings. The molecule has 1 saturated heterocycles. The van der Waals surface area contributed by atoms with Crippen LogP contribution in [0.25, 0.3) is 0 Å². The summed E-state index contributed by atoms with van der Waals surface area (Å²) in [5, 5.41) is 10.2. The van der Waals surface area contributed by atoms with Crippen LogP contribution in [0.5, 0.6) is 5.75 Å². The van der Waals surface area contributed by atoms with Crippen molar-refractivity contribution in [3.05, 3.63) is 53.8 Å². The summed E-state index contributed by atoms with van der Waals surface area (Å²) in [5.74, 6) is -2.04. The Morgan fingerprint density at radius 2 is 1.86 bits per heavy atom. The van der Waals surface area contributed by atoms with Crippen molar-refractivity contribution >= 4 is 17.7 Å². The summed E-state index contributed by atoms with van der Waals surface area (Å²) in [5.41, 5.74) is 4.89. The van der Waals surface area contributed by atoms with Crippen LogP contribution in [0.4, 0.5) is 0 Å². The highest BCUT2D eigenvalue weighted by Crippen LogP contribution is 2.53. The number of amides is 1. The monoisotopic (exact) mass is 395 g/mol. The molecular weight excluding hydrogens is 374 g/mol. The molecule has 2 heterocycles. The van der Waals surface area contributed by atoms with Crippen molar-refractivity contribution in [1.82, 2.24) is 4.90 Å². The average molecular weight is 395 g/mol. The van der Waals surface area contributed by atoms with E-state index >= 15 is 0 Å². The topological polar surface area (TPSA) is 123 Å². The second-order valence-electron chi connectivity index (χ2n) is 6.96. The maximum absolute atomic E-state index is 12.9. The van der Waals surface area contributed by atoms with Crippen molar-refractivity contribution in [3.8, 4) is 11.8 Å². The number of hydrogen-bond acceptors (Lipinski definition) is 7. The Balaban J connectivity index is 2.27. The van der Waals surface area contributed by atoms with Gasteiger partial charge in [-0.1, -0.05) is 24.3 Å². The number of Topliss-reactive ketones (excluding diaryl/α,β-unsaturated/α-hetero) is 1. The van der Waals surface area contributed by atoms with Crippen molar-refractivity contribution in [2.75, 3.05) is 14.2 Å². The minimum Gasteiger partial charge on any atom is -0.497 e. The lowest BCUT2D eigenvalue weighted by Crippen LogP contribution is -2.45. The van der Waals surface area contributed by atoms with E-state index in [1.165, 1.54) is 32.2 Å². The fourth-order valence-electron chi connectivity index (χ4n) is 4.20. The standard InChI is InChI=1S/C21H21N3O5/c1-12(25)14-6-9-16-21(11-22,20(27)29-3)17(18(19(23)26)24(16)10-14)13-4-7-15(28-2)8-5-13/h4-10,16-18H,1-3H3,(H2,23,26)/t16-,17-,18+,21-/m0/s1. The smallest absolute Gasteiger partial charge is 0.329 e. The molecule has 29 heavy (non-hydrogen) atoms. The summed E-state index contributed by atoms with van der Waals surface area (Å²) in [4.78, 5) is 38.8. The molecule has 0 aliphatic carbocycles. The summed E-state index contributed by atoms with van der Waals surface area (Å²) in [6.07, 6.45) is 4.62. The van der Waals surface area contributed by atoms with Crippen LogP contribution < -0.4 is 10.5 Å². The number of nitriles is 1. The molecule has 0 radical (unpaired) electrons. The third-order valence-corrected chi connectivity index (χ3v) is 5.54. The Kier molecular flexibility index (Phi) is 5.16. The molecule has 0 bridgehead atoms. The number of nitrogens with zero attached hydrogens (tertiary/aromatic N) is 2. The van der Waals surface area contributed by atoms with Gasteiger partial charge in [-0.2, -0.15) is 5.26 Å². The fourth-order valence-corrected chi connectivity index (χ4v) is 4.20. The lowest BCUT2D eigenvalue weighted by atomic mass is 9.68. The first-order chi connectivity index (χ1) is 13.8. The maximum Gasteiger partial charge on any atom is 0.329 e. The van der Waals surface area contributed by atoms with Gasteiger partial charge in [0.25, 0.3) is 0 Å². The van der Waals surface area contributed by atoms with Crippen LogP contribution in [0.15, 0.2) is 48.2 Å². The van der Waals surface area contributed by atoms with Gasteiger partial charge in [0.2, 0.25) is 5.91 Å². The first-order valence-electron chi connectivity index (χ1n) is 8.93. The Bertz CT molecular complexity index is 960. The highest BCUT2D eigenvalue weighted by molar-refractivity contribution is 5.97. The van der Waals surface area contributed by atoms with Gasteiger partial charge in [0.15, 0.2) is 11.2 Å². The molecule has 2 N–H and O–H groups in total. The number of nitrogens with two attached hydrogens (primary N) is 1. The number of rotatable bonds is 5. The van der Waals surface area contributed by atoms with E-state index in [2.05, 4.69) is 6.07 Å². The van der Waals surface area contributed by atoms with E-state index in [-0.39, 0.29) is 5.78 Å². The summed E-state index contributed by atoms with van der Waals surface area (Å²) in [6.45, 7) is 1.39. The molecule has 3 rings (SSSR count). The third-order valence-electron chi connectivity index (χ3n) is 5.54. The number of hydrogen-bond donors (Lipinski definition) is 1. The molecule has 8 nitrogen and oxygen atoms in total. The minimum absolute atomic E-state index is 0.212. The quantitative estimate of drug-likeness (QED) is 0.739. The van der Waals surface area contributed by atoms with Crippen LogP contribution >= 0.6 is 0 Å². The van der Waals surface area contributed by atoms with E-state index < -0.39 is 35.3 Å². The van der Waals surface area contributed by atoms with E-state index in [0.29, 0.717) is 16.9 Å². The van der Waals surface area contributed by atoms with Gasteiger partial charge in [-0.25, -0.2) is 0 Å². The number of primary amides is 1. The van der Waals surface area contributed by atoms with Crippen molar-refractivity contribution < 1.29 is 23.9 Å². The minimum atomic E-state index is -1.74. The van der Waals surface area contributed by atoms with Gasteiger partial charge in [-0.05, 0) is 24.6 Å². The van der Waals surface area contributed by atoms with E-state index in [1.807, 2.05) is 0 Å². The molecule has 2 aliphatic heterocycles. The fraction of sp³-hybridized carbons (Fsp3) is 0.333. The van der Waals surface area contributed by atoms with Gasteiger partial charge in [0.1, 0.15) is 11.8 Å². The highest BCUT2D eigenvalue weighted by atomic mass is 16.5. The predicted molar refractivity (Wildman–Crippen MR) is 102 cm³/mol. The van der Waals surface area contributed by atoms with Crippen LogP contribution in [0.3, 0.4) is 0 Å². The number of ether oxygens (including phenoxy) is 2. The number of fused-ring (bicyclic) bond motifs is 1. The van der Waals surface area contributed by atoms with Crippen molar-refractivity contribution in [2.24, 2.45) is 11.1 Å². The van der Waals surface area contributed by atoms with E-state index in [1.54, 1.807) is 36.4 Å². The zero-order valence-corrected chi connectivity index (χ0v) is 16.3. The van der Waals surface area contributed by atoms with Crippen molar-refractivity contribution in [3.63, 3.8) is 0 Å². The summed E-state index contributed by atoms with van der Waals surface area (Å²) in [7, 11) is 2.71. The molecule has 0 saturated carbocycles. The maximum atomic E-state index is 12.9. The molecule has 1 aromatic rings. The largest absolute Gasteiger partial charge is 0.497 e. The van der Waals surface area contributed by atoms with Crippen LogP contribution in [0, 0.1) is 16.7 Å². The molecule has 150 valence electrons. The molecule has 4 atom stereocenters. The number of allylic oxidation sites excluding steroid dienone is 2. The zero-order chi connectivity index (χ0) is 21.3. The lowest BCUT2D eigenvalue weighted by Gasteiger charge is -2.32. The van der Waals surface area contributed by atoms with Crippen LogP contribution in [-0.4, -0.2) is 48.9 Å². The van der Waals surface area contributed by atoms with Crippen molar-refractivity contribution in [1.29, 1.82) is 5.26 Å². The molecule has 1 amide bonds. The van der Waals surface area contributed by atoms with Crippen LogP contribution in [0.1, 0.15) is 18.4 Å². The average Bonchev–Trinajstić information content (AvgIpc) is 3.03. The Morgan fingerprint density at radius 3 is 2.34 bits per heavy atom. The van der Waals surface area contributed by atoms with Crippen LogP contribution in [-0.2, 0) is 19.1 Å². The Labute approximate surface area is 168 Å². The van der Waals surface area contributed by atoms with Gasteiger partial charge >= 0.3 is 5.97 Å². The molecule has 0 unspecified atom stereocenters. The lowest BCUT2D eigenvalue weighted by molar-refractivity contribution is -0.150. The SMILES string of the molecule is COC(=O)[C@@]1(C#N)[C@@H]2C=CC(C(C)=O)=CN2[C@@H](C(N)=O)[C@@H]1c1ccc(OC)cc1. The molecule has 0 spiro atoms. The second kappa shape index (κ2) is 7.43. The van der Waals surface area contributed by atoms with Crippen molar-refractivity contribution in [2.45, 2.75) is 24.9 Å². The molecule has 1 aromatic carbocycles. The second-order valence-corrected chi connectivity index (χ2v) is 6.96. The number of methoxy groups -OCH3 is 2. The van der Waals surface area contributed by atoms with E-state index in [4.69, 9.17) is 15.2 Å². The molecular formula is C21H21N3O5. The zero-order valence-electron chi connectivity index (χ0n) is 16.3. The number of benzene rings is 1. The normalized spacial score (nSPS) is 27.4. The Morgan fingerprint density at radius 1 is 1.21 bits per heavy atom. The summed E-state index contributed by atoms with van der Waals surface area (Å²) < 4.78 is 10.2. The first-order valence-corrected chi connectivity index (χ1v) is 8.93. The summed E-state index contributed by atoms with van der Waals surface area (Å²) in [6, 6.07) is 6.98. The molecule has 0 aromatic heterocycles. The van der Waals surface area contributed by atoms with Gasteiger partial charge < -0.3 is 20.1 Å². The predicted octanol–water partition coefficient (Wildman–Crippen LogP) is 1.04. The number of esters is 1. The summed E-state index contributed by atoms with van der Waals surface area (Å²) >= 11 is 0. The number of carbonyl (C=O) groups excluding carboxylic acids is 3. The highest BCUT2D eigenvalue weighted by Gasteiger charge is 2.66. The van der Waals surface area contributed by atoms with E-state index in [0.717, 1.165) is 0 Å². The van der Waals surface area contributed by atoms with Gasteiger partial charge in [-0.3, -0.25) is 14.4 Å². The first kappa shape index (κ1) is 20.1. The van der Waals surface area contributed by atoms with Gasteiger partial charge in [0, 0.05) is 17.7 Å². The number of carbonyl (C=O) groups is 3. The molecule has 8 heteroatoms. The van der Waals surface area contributed by atoms with Gasteiger partial charge in [0.05, 0.1) is 26.3 Å². The van der Waals surface area contributed by atoms with E-state index in [9.17, 15) is 19.6 Å². The van der Waals surface area contributed by atoms with Crippen LogP contribution in [0.2, 0.25) is 0 Å².